The maximum Gasteiger partial charge on any atom is 0.416 e. The number of nitriles is 1. The van der Waals surface area contributed by atoms with E-state index in [2.05, 4.69) is 6.07 Å². The molecule has 0 fully saturated rings. The largest absolute Gasteiger partial charge is 0.416 e. The van der Waals surface area contributed by atoms with Gasteiger partial charge >= 0.3 is 6.18 Å². The first-order chi connectivity index (χ1) is 11.8. The summed E-state index contributed by atoms with van der Waals surface area (Å²) in [5, 5.41) is 9.78. The number of hydrogen-bond donors (Lipinski definition) is 0. The molecule has 0 radical (unpaired) electrons. The summed E-state index contributed by atoms with van der Waals surface area (Å²) < 4.78 is 38.3. The van der Waals surface area contributed by atoms with Gasteiger partial charge in [-0.05, 0) is 37.4 Å². The molecule has 130 valence electrons. The maximum absolute atomic E-state index is 12.8. The summed E-state index contributed by atoms with van der Waals surface area (Å²) in [6.07, 6.45) is -0.258. The maximum atomic E-state index is 12.8. The number of hydrogen-bond acceptors (Lipinski definition) is 2. The molecule has 0 aliphatic heterocycles. The number of rotatable bonds is 5. The Balaban J connectivity index is 2.32. The molecule has 2 rings (SSSR count). The molecule has 1 atom stereocenters. The van der Waals surface area contributed by atoms with Gasteiger partial charge in [0.05, 0.1) is 11.6 Å². The minimum Gasteiger partial charge on any atom is -0.288 e. The molecule has 2 aromatic carbocycles. The second-order valence-electron chi connectivity index (χ2n) is 5.96. The van der Waals surface area contributed by atoms with Crippen molar-refractivity contribution in [3.63, 3.8) is 0 Å². The van der Waals surface area contributed by atoms with Crippen LogP contribution in [-0.2, 0) is 11.7 Å². The highest BCUT2D eigenvalue weighted by atomic mass is 19.4. The van der Waals surface area contributed by atoms with E-state index in [1.807, 2.05) is 42.5 Å². The molecule has 0 saturated heterocycles. The van der Waals surface area contributed by atoms with Gasteiger partial charge in [0, 0.05) is 6.42 Å². The lowest BCUT2D eigenvalue weighted by Crippen LogP contribution is -2.39. The van der Waals surface area contributed by atoms with Gasteiger partial charge < -0.3 is 0 Å². The van der Waals surface area contributed by atoms with Gasteiger partial charge in [-0.25, -0.2) is 0 Å². The third-order valence-corrected chi connectivity index (χ3v) is 4.16. The topological polar surface area (TPSA) is 27.0 Å². The van der Waals surface area contributed by atoms with Gasteiger partial charge in [-0.3, -0.25) is 4.90 Å². The summed E-state index contributed by atoms with van der Waals surface area (Å²) in [5.41, 5.74) is -0.219. The van der Waals surface area contributed by atoms with Crippen LogP contribution in [0, 0.1) is 11.3 Å². The standard InChI is InChI=1S/C20H19F3N2/c1-25(2)19(15-24,14-6-9-16-7-4-3-5-8-16)17-10-12-18(13-11-17)20(21,22)23/h3-13H,14H2,1-2H3. The van der Waals surface area contributed by atoms with Crippen LogP contribution < -0.4 is 0 Å². The van der Waals surface area contributed by atoms with Crippen LogP contribution in [0.5, 0.6) is 0 Å². The van der Waals surface area contributed by atoms with Gasteiger partial charge in [0.2, 0.25) is 0 Å². The fraction of sp³-hybridized carbons (Fsp3) is 0.250. The molecule has 0 bridgehead atoms. The average Bonchev–Trinajstić information content (AvgIpc) is 2.59. The van der Waals surface area contributed by atoms with Crippen LogP contribution in [0.1, 0.15) is 23.1 Å². The van der Waals surface area contributed by atoms with E-state index in [1.165, 1.54) is 12.1 Å². The molecule has 0 spiro atoms. The van der Waals surface area contributed by atoms with E-state index in [-0.39, 0.29) is 0 Å². The molecule has 0 amide bonds. The summed E-state index contributed by atoms with van der Waals surface area (Å²) in [7, 11) is 3.49. The molecule has 2 aromatic rings. The minimum absolute atomic E-state index is 0.358. The smallest absolute Gasteiger partial charge is 0.288 e. The molecule has 0 aromatic heterocycles. The lowest BCUT2D eigenvalue weighted by Gasteiger charge is -2.33. The normalized spacial score (nSPS) is 14.4. The van der Waals surface area contributed by atoms with E-state index >= 15 is 0 Å². The predicted molar refractivity (Wildman–Crippen MR) is 92.5 cm³/mol. The van der Waals surface area contributed by atoms with Crippen molar-refractivity contribution < 1.29 is 13.2 Å². The van der Waals surface area contributed by atoms with Crippen molar-refractivity contribution in [2.45, 2.75) is 18.1 Å². The monoisotopic (exact) mass is 344 g/mol. The number of halogens is 3. The zero-order valence-corrected chi connectivity index (χ0v) is 14.1. The molecule has 5 heteroatoms. The summed E-state index contributed by atoms with van der Waals surface area (Å²) in [6.45, 7) is 0. The van der Waals surface area contributed by atoms with Gasteiger partial charge in [0.25, 0.3) is 0 Å². The van der Waals surface area contributed by atoms with E-state index in [0.29, 0.717) is 12.0 Å². The van der Waals surface area contributed by atoms with E-state index < -0.39 is 17.3 Å². The molecule has 2 nitrogen and oxygen atoms in total. The zero-order chi connectivity index (χ0) is 18.5. The average molecular weight is 344 g/mol. The predicted octanol–water partition coefficient (Wildman–Crippen LogP) is 5.09. The second-order valence-corrected chi connectivity index (χ2v) is 5.96. The van der Waals surface area contributed by atoms with Crippen molar-refractivity contribution >= 4 is 6.08 Å². The van der Waals surface area contributed by atoms with Crippen molar-refractivity contribution in [2.24, 2.45) is 0 Å². The third kappa shape index (κ3) is 4.28. The van der Waals surface area contributed by atoms with Crippen LogP contribution in [0.25, 0.3) is 6.08 Å². The quantitative estimate of drug-likeness (QED) is 0.755. The summed E-state index contributed by atoms with van der Waals surface area (Å²) in [4.78, 5) is 1.73. The van der Waals surface area contributed by atoms with Crippen LogP contribution in [0.4, 0.5) is 13.2 Å². The first kappa shape index (κ1) is 18.8. The SMILES string of the molecule is CN(C)C(C#N)(CC=Cc1ccccc1)c1ccc(C(F)(F)F)cc1. The molecule has 1 unspecified atom stereocenters. The van der Waals surface area contributed by atoms with Gasteiger partial charge in [-0.1, -0.05) is 54.6 Å². The molecule has 0 heterocycles. The van der Waals surface area contributed by atoms with E-state index in [9.17, 15) is 18.4 Å². The van der Waals surface area contributed by atoms with Gasteiger partial charge in [0.1, 0.15) is 5.54 Å². The van der Waals surface area contributed by atoms with E-state index in [1.54, 1.807) is 19.0 Å². The highest BCUT2D eigenvalue weighted by Gasteiger charge is 2.35. The van der Waals surface area contributed by atoms with Crippen molar-refractivity contribution in [1.29, 1.82) is 5.26 Å². The van der Waals surface area contributed by atoms with Gasteiger partial charge in [-0.2, -0.15) is 18.4 Å². The zero-order valence-electron chi connectivity index (χ0n) is 14.1. The van der Waals surface area contributed by atoms with Crippen molar-refractivity contribution in [1.82, 2.24) is 4.90 Å². The highest BCUT2D eigenvalue weighted by Crippen LogP contribution is 2.34. The number of nitrogens with zero attached hydrogens (tertiary/aromatic N) is 2. The van der Waals surface area contributed by atoms with E-state index in [4.69, 9.17) is 0 Å². The summed E-state index contributed by atoms with van der Waals surface area (Å²) in [5.74, 6) is 0. The minimum atomic E-state index is -4.39. The van der Waals surface area contributed by atoms with E-state index in [0.717, 1.165) is 17.7 Å². The third-order valence-electron chi connectivity index (χ3n) is 4.16. The van der Waals surface area contributed by atoms with Crippen LogP contribution in [-0.4, -0.2) is 19.0 Å². The Hall–Kier alpha value is -2.58. The van der Waals surface area contributed by atoms with Crippen LogP contribution >= 0.6 is 0 Å². The number of alkyl halides is 3. The molecule has 0 aliphatic rings. The first-order valence-electron chi connectivity index (χ1n) is 7.77. The molecular formula is C20H19F3N2. The fourth-order valence-electron chi connectivity index (χ4n) is 2.63. The van der Waals surface area contributed by atoms with Crippen LogP contribution in [0.15, 0.2) is 60.7 Å². The lowest BCUT2D eigenvalue weighted by molar-refractivity contribution is -0.137. The first-order valence-corrected chi connectivity index (χ1v) is 7.77. The number of benzene rings is 2. The lowest BCUT2D eigenvalue weighted by atomic mass is 9.86. The molecule has 25 heavy (non-hydrogen) atoms. The molecule has 0 saturated carbocycles. The molecular weight excluding hydrogens is 325 g/mol. The van der Waals surface area contributed by atoms with Crippen LogP contribution in [0.2, 0.25) is 0 Å². The highest BCUT2D eigenvalue weighted by molar-refractivity contribution is 5.49. The Morgan fingerprint density at radius 3 is 2.00 bits per heavy atom. The van der Waals surface area contributed by atoms with Gasteiger partial charge in [0.15, 0.2) is 0 Å². The Morgan fingerprint density at radius 2 is 1.52 bits per heavy atom. The fourth-order valence-corrected chi connectivity index (χ4v) is 2.63. The summed E-state index contributed by atoms with van der Waals surface area (Å²) >= 11 is 0. The molecule has 0 aliphatic carbocycles. The Labute approximate surface area is 145 Å². The van der Waals surface area contributed by atoms with Crippen LogP contribution in [0.3, 0.4) is 0 Å². The van der Waals surface area contributed by atoms with Crippen molar-refractivity contribution in [3.05, 3.63) is 77.4 Å². The van der Waals surface area contributed by atoms with Crippen molar-refractivity contribution in [3.8, 4) is 6.07 Å². The Morgan fingerprint density at radius 1 is 0.960 bits per heavy atom. The second kappa shape index (κ2) is 7.54. The Bertz CT molecular complexity index is 756. The van der Waals surface area contributed by atoms with Crippen molar-refractivity contribution in [2.75, 3.05) is 14.1 Å². The Kier molecular flexibility index (Phi) is 5.66. The molecule has 0 N–H and O–H groups in total. The van der Waals surface area contributed by atoms with Gasteiger partial charge in [-0.15, -0.1) is 0 Å². The summed E-state index contributed by atoms with van der Waals surface area (Å²) in [6, 6.07) is 16.7.